The maximum Gasteiger partial charge on any atom is 0.146 e. The van der Waals surface area contributed by atoms with Gasteiger partial charge in [-0.15, -0.1) is 0 Å². The fourth-order valence-corrected chi connectivity index (χ4v) is 3.21. The molecule has 0 spiro atoms. The Labute approximate surface area is 131 Å². The highest BCUT2D eigenvalue weighted by Crippen LogP contribution is 2.35. The first kappa shape index (κ1) is 14.9. The molecule has 3 rings (SSSR count). The SMILES string of the molecule is Cc1c(O[C@H]2CC[C@H](c3ccccc3)CC2)ccnc1NN. The summed E-state index contributed by atoms with van der Waals surface area (Å²) >= 11 is 0. The number of nitrogens with two attached hydrogens (primary N) is 1. The van der Waals surface area contributed by atoms with Crippen LogP contribution >= 0.6 is 0 Å². The summed E-state index contributed by atoms with van der Waals surface area (Å²) in [4.78, 5) is 4.19. The minimum Gasteiger partial charge on any atom is -0.490 e. The van der Waals surface area contributed by atoms with E-state index in [2.05, 4.69) is 40.7 Å². The van der Waals surface area contributed by atoms with Crippen LogP contribution in [0.15, 0.2) is 42.6 Å². The zero-order valence-electron chi connectivity index (χ0n) is 13.0. The Hall–Kier alpha value is -2.07. The van der Waals surface area contributed by atoms with Crippen LogP contribution in [-0.4, -0.2) is 11.1 Å². The molecule has 1 aromatic carbocycles. The number of pyridine rings is 1. The number of nitrogen functional groups attached to an aromatic ring is 1. The van der Waals surface area contributed by atoms with Gasteiger partial charge in [-0.25, -0.2) is 10.8 Å². The maximum absolute atomic E-state index is 6.18. The van der Waals surface area contributed by atoms with Gasteiger partial charge in [0.15, 0.2) is 0 Å². The quantitative estimate of drug-likeness (QED) is 0.666. The lowest BCUT2D eigenvalue weighted by molar-refractivity contribution is 0.145. The van der Waals surface area contributed by atoms with E-state index in [1.807, 2.05) is 13.0 Å². The van der Waals surface area contributed by atoms with Gasteiger partial charge in [0.25, 0.3) is 0 Å². The number of rotatable bonds is 4. The fraction of sp³-hybridized carbons (Fsp3) is 0.389. The van der Waals surface area contributed by atoms with Gasteiger partial charge in [-0.1, -0.05) is 30.3 Å². The van der Waals surface area contributed by atoms with Crippen molar-refractivity contribution in [1.29, 1.82) is 0 Å². The van der Waals surface area contributed by atoms with Crippen LogP contribution in [-0.2, 0) is 0 Å². The Morgan fingerprint density at radius 3 is 2.50 bits per heavy atom. The first-order valence-corrected chi connectivity index (χ1v) is 7.91. The van der Waals surface area contributed by atoms with Gasteiger partial charge in [-0.2, -0.15) is 0 Å². The van der Waals surface area contributed by atoms with Crippen molar-refractivity contribution in [2.24, 2.45) is 5.84 Å². The summed E-state index contributed by atoms with van der Waals surface area (Å²) in [6, 6.07) is 12.7. The second-order valence-corrected chi connectivity index (χ2v) is 5.93. The predicted molar refractivity (Wildman–Crippen MR) is 88.9 cm³/mol. The van der Waals surface area contributed by atoms with Crippen LogP contribution in [0.5, 0.6) is 5.75 Å². The third-order valence-corrected chi connectivity index (χ3v) is 4.53. The van der Waals surface area contributed by atoms with Crippen molar-refractivity contribution in [2.45, 2.75) is 44.6 Å². The topological polar surface area (TPSA) is 60.2 Å². The number of aromatic nitrogens is 1. The molecule has 1 saturated carbocycles. The van der Waals surface area contributed by atoms with Gasteiger partial charge in [-0.05, 0) is 50.2 Å². The number of benzene rings is 1. The van der Waals surface area contributed by atoms with Gasteiger partial charge in [0, 0.05) is 11.8 Å². The van der Waals surface area contributed by atoms with Crippen LogP contribution in [0.1, 0.15) is 42.7 Å². The van der Waals surface area contributed by atoms with Crippen LogP contribution < -0.4 is 16.0 Å². The van der Waals surface area contributed by atoms with Gasteiger partial charge >= 0.3 is 0 Å². The molecule has 1 aliphatic carbocycles. The Kier molecular flexibility index (Phi) is 4.59. The van der Waals surface area contributed by atoms with Gasteiger partial charge in [0.05, 0.1) is 6.10 Å². The minimum absolute atomic E-state index is 0.284. The third-order valence-electron chi connectivity index (χ3n) is 4.53. The minimum atomic E-state index is 0.284. The number of hydrazine groups is 1. The standard InChI is InChI=1S/C18H23N3O/c1-13-17(11-12-20-18(13)21-19)22-16-9-7-15(8-10-16)14-5-3-2-4-6-14/h2-6,11-12,15-16H,7-10,19H2,1H3,(H,20,21)/t15-,16-. The first-order valence-electron chi connectivity index (χ1n) is 7.91. The maximum atomic E-state index is 6.18. The predicted octanol–water partition coefficient (Wildman–Crippen LogP) is 3.78. The number of hydrogen-bond donors (Lipinski definition) is 2. The molecule has 0 aliphatic heterocycles. The molecule has 2 aromatic rings. The normalized spacial score (nSPS) is 21.4. The molecule has 1 aliphatic rings. The second kappa shape index (κ2) is 6.79. The molecule has 22 heavy (non-hydrogen) atoms. The zero-order chi connectivity index (χ0) is 15.4. The van der Waals surface area contributed by atoms with Crippen molar-refractivity contribution in [1.82, 2.24) is 4.98 Å². The van der Waals surface area contributed by atoms with E-state index in [0.29, 0.717) is 11.7 Å². The Morgan fingerprint density at radius 1 is 1.09 bits per heavy atom. The summed E-state index contributed by atoms with van der Waals surface area (Å²) in [6.07, 6.45) is 6.56. The molecule has 0 atom stereocenters. The van der Waals surface area contributed by atoms with E-state index >= 15 is 0 Å². The number of nitrogens with one attached hydrogen (secondary N) is 1. The molecule has 0 unspecified atom stereocenters. The second-order valence-electron chi connectivity index (χ2n) is 5.93. The van der Waals surface area contributed by atoms with E-state index in [9.17, 15) is 0 Å². The van der Waals surface area contributed by atoms with Crippen molar-refractivity contribution in [3.8, 4) is 5.75 Å². The molecule has 3 N–H and O–H groups in total. The fourth-order valence-electron chi connectivity index (χ4n) is 3.21. The lowest BCUT2D eigenvalue weighted by atomic mass is 9.83. The molecule has 1 aromatic heterocycles. The van der Waals surface area contributed by atoms with Crippen molar-refractivity contribution in [3.63, 3.8) is 0 Å². The molecular weight excluding hydrogens is 274 g/mol. The van der Waals surface area contributed by atoms with E-state index in [4.69, 9.17) is 10.6 Å². The molecule has 1 fully saturated rings. The molecule has 4 nitrogen and oxygen atoms in total. The average Bonchev–Trinajstić information content (AvgIpc) is 2.58. The Bertz CT molecular complexity index is 607. The van der Waals surface area contributed by atoms with Gasteiger partial charge in [0.2, 0.25) is 0 Å². The molecular formula is C18H23N3O. The number of hydrogen-bond acceptors (Lipinski definition) is 4. The molecule has 116 valence electrons. The molecule has 0 bridgehead atoms. The van der Waals surface area contributed by atoms with E-state index in [1.165, 1.54) is 18.4 Å². The van der Waals surface area contributed by atoms with E-state index in [0.717, 1.165) is 24.2 Å². The molecule has 0 amide bonds. The summed E-state index contributed by atoms with van der Waals surface area (Å²) in [7, 11) is 0. The van der Waals surface area contributed by atoms with Gasteiger partial charge < -0.3 is 10.2 Å². The van der Waals surface area contributed by atoms with Crippen LogP contribution in [0.3, 0.4) is 0 Å². The van der Waals surface area contributed by atoms with Crippen molar-refractivity contribution in [2.75, 3.05) is 5.43 Å². The van der Waals surface area contributed by atoms with Gasteiger partial charge in [-0.3, -0.25) is 0 Å². The van der Waals surface area contributed by atoms with Crippen molar-refractivity contribution < 1.29 is 4.74 Å². The van der Waals surface area contributed by atoms with Crippen LogP contribution in [0.25, 0.3) is 0 Å². The Morgan fingerprint density at radius 2 is 1.82 bits per heavy atom. The highest BCUT2D eigenvalue weighted by molar-refractivity contribution is 5.49. The van der Waals surface area contributed by atoms with Crippen LogP contribution in [0, 0.1) is 6.92 Å². The van der Waals surface area contributed by atoms with Crippen molar-refractivity contribution in [3.05, 3.63) is 53.7 Å². The number of anilines is 1. The molecule has 0 saturated heterocycles. The summed E-state index contributed by atoms with van der Waals surface area (Å²) in [5.74, 6) is 7.69. The average molecular weight is 297 g/mol. The summed E-state index contributed by atoms with van der Waals surface area (Å²) < 4.78 is 6.18. The van der Waals surface area contributed by atoms with Crippen LogP contribution in [0.4, 0.5) is 5.82 Å². The lowest BCUT2D eigenvalue weighted by Gasteiger charge is -2.29. The molecule has 4 heteroatoms. The zero-order valence-corrected chi connectivity index (χ0v) is 13.0. The first-order chi connectivity index (χ1) is 10.8. The molecule has 0 radical (unpaired) electrons. The number of nitrogens with zero attached hydrogens (tertiary/aromatic N) is 1. The smallest absolute Gasteiger partial charge is 0.146 e. The lowest BCUT2D eigenvalue weighted by Crippen LogP contribution is -2.24. The van der Waals surface area contributed by atoms with E-state index in [-0.39, 0.29) is 6.10 Å². The summed E-state index contributed by atoms with van der Waals surface area (Å²) in [6.45, 7) is 1.98. The van der Waals surface area contributed by atoms with E-state index in [1.54, 1.807) is 6.20 Å². The monoisotopic (exact) mass is 297 g/mol. The van der Waals surface area contributed by atoms with Crippen molar-refractivity contribution >= 4 is 5.82 Å². The highest BCUT2D eigenvalue weighted by Gasteiger charge is 2.24. The van der Waals surface area contributed by atoms with E-state index < -0.39 is 0 Å². The largest absolute Gasteiger partial charge is 0.490 e. The van der Waals surface area contributed by atoms with Crippen LogP contribution in [0.2, 0.25) is 0 Å². The summed E-state index contributed by atoms with van der Waals surface area (Å²) in [5, 5.41) is 0. The highest BCUT2D eigenvalue weighted by atomic mass is 16.5. The Balaban J connectivity index is 1.61. The number of ether oxygens (including phenoxy) is 1. The third kappa shape index (κ3) is 3.22. The van der Waals surface area contributed by atoms with Gasteiger partial charge in [0.1, 0.15) is 11.6 Å². The molecule has 1 heterocycles. The summed E-state index contributed by atoms with van der Waals surface area (Å²) in [5.41, 5.74) is 5.03.